The fourth-order valence-corrected chi connectivity index (χ4v) is 4.86. The standard InChI is InChI=1S/C24H24N6O3S/c31-22-20(34-24(32)30-22)12-19-7-10-26-23(29-19)28-18-5-3-17(4-6-18)27-13-15-2-1-9-25-21(15)16-8-11-33-14-16/h1-2,7-12,14,17-18,27H,3-6,13H2,(H,26,28,29)(H,30,31,32)/b20-12+. The van der Waals surface area contributed by atoms with Gasteiger partial charge in [-0.3, -0.25) is 19.9 Å². The van der Waals surface area contributed by atoms with E-state index < -0.39 is 5.91 Å². The van der Waals surface area contributed by atoms with Crippen molar-refractivity contribution in [2.75, 3.05) is 5.32 Å². The van der Waals surface area contributed by atoms with Gasteiger partial charge in [0, 0.05) is 36.6 Å². The van der Waals surface area contributed by atoms with E-state index in [0.717, 1.165) is 60.8 Å². The van der Waals surface area contributed by atoms with Gasteiger partial charge in [0.1, 0.15) is 0 Å². The minimum atomic E-state index is -0.392. The molecular weight excluding hydrogens is 452 g/mol. The number of nitrogens with zero attached hydrogens (tertiary/aromatic N) is 3. The van der Waals surface area contributed by atoms with Gasteiger partial charge in [-0.15, -0.1) is 0 Å². The molecule has 1 saturated heterocycles. The molecule has 174 valence electrons. The van der Waals surface area contributed by atoms with Crippen LogP contribution in [0.3, 0.4) is 0 Å². The summed E-state index contributed by atoms with van der Waals surface area (Å²) >= 11 is 0.878. The molecule has 3 aromatic rings. The molecule has 0 aromatic carbocycles. The van der Waals surface area contributed by atoms with Crippen molar-refractivity contribution in [3.8, 4) is 11.3 Å². The molecule has 0 radical (unpaired) electrons. The van der Waals surface area contributed by atoms with E-state index >= 15 is 0 Å². The van der Waals surface area contributed by atoms with Gasteiger partial charge < -0.3 is 15.1 Å². The summed E-state index contributed by atoms with van der Waals surface area (Å²) in [5, 5.41) is 8.97. The molecule has 9 nitrogen and oxygen atoms in total. The number of hydrogen-bond acceptors (Lipinski definition) is 9. The summed E-state index contributed by atoms with van der Waals surface area (Å²) in [7, 11) is 0. The molecule has 0 bridgehead atoms. The second kappa shape index (κ2) is 10.2. The van der Waals surface area contributed by atoms with Gasteiger partial charge >= 0.3 is 0 Å². The van der Waals surface area contributed by atoms with Gasteiger partial charge in [0.25, 0.3) is 11.1 Å². The van der Waals surface area contributed by atoms with E-state index in [4.69, 9.17) is 4.42 Å². The highest BCUT2D eigenvalue weighted by Crippen LogP contribution is 2.26. The first-order valence-corrected chi connectivity index (χ1v) is 12.0. The van der Waals surface area contributed by atoms with Gasteiger partial charge in [-0.1, -0.05) is 6.07 Å². The molecule has 4 heterocycles. The van der Waals surface area contributed by atoms with Crippen molar-refractivity contribution in [2.45, 2.75) is 44.3 Å². The first kappa shape index (κ1) is 22.3. The van der Waals surface area contributed by atoms with Gasteiger partial charge in [0.2, 0.25) is 5.95 Å². The Morgan fingerprint density at radius 3 is 2.71 bits per heavy atom. The topological polar surface area (TPSA) is 122 Å². The number of imide groups is 1. The third kappa shape index (κ3) is 5.35. The molecule has 2 fully saturated rings. The van der Waals surface area contributed by atoms with E-state index in [1.165, 1.54) is 0 Å². The molecule has 0 unspecified atom stereocenters. The zero-order valence-corrected chi connectivity index (χ0v) is 19.2. The van der Waals surface area contributed by atoms with Gasteiger partial charge in [-0.25, -0.2) is 9.97 Å². The maximum Gasteiger partial charge on any atom is 0.290 e. The van der Waals surface area contributed by atoms with E-state index in [1.54, 1.807) is 37.1 Å². The molecule has 1 aliphatic heterocycles. The average Bonchev–Trinajstić information content (AvgIpc) is 3.49. The number of pyridine rings is 1. The molecule has 10 heteroatoms. The fourth-order valence-electron chi connectivity index (χ4n) is 4.20. The Balaban J connectivity index is 1.13. The second-order valence-electron chi connectivity index (χ2n) is 8.25. The van der Waals surface area contributed by atoms with Crippen LogP contribution >= 0.6 is 11.8 Å². The van der Waals surface area contributed by atoms with Crippen molar-refractivity contribution < 1.29 is 14.0 Å². The summed E-state index contributed by atoms with van der Waals surface area (Å²) in [6.45, 7) is 0.755. The lowest BCUT2D eigenvalue weighted by atomic mass is 9.91. The van der Waals surface area contributed by atoms with Crippen molar-refractivity contribution in [1.29, 1.82) is 0 Å². The summed E-state index contributed by atoms with van der Waals surface area (Å²) in [6.07, 6.45) is 12.5. The van der Waals surface area contributed by atoms with E-state index in [-0.39, 0.29) is 11.3 Å². The van der Waals surface area contributed by atoms with Crippen LogP contribution in [0.15, 0.2) is 58.5 Å². The average molecular weight is 477 g/mol. The maximum absolute atomic E-state index is 11.8. The molecule has 1 aliphatic carbocycles. The summed E-state index contributed by atoms with van der Waals surface area (Å²) < 4.78 is 5.22. The maximum atomic E-state index is 11.8. The number of rotatable bonds is 7. The predicted octanol–water partition coefficient (Wildman–Crippen LogP) is 3.97. The summed E-state index contributed by atoms with van der Waals surface area (Å²) in [4.78, 5) is 36.8. The smallest absolute Gasteiger partial charge is 0.290 e. The van der Waals surface area contributed by atoms with Crippen molar-refractivity contribution in [1.82, 2.24) is 25.6 Å². The molecule has 1 saturated carbocycles. The molecule has 2 aliphatic rings. The van der Waals surface area contributed by atoms with Crippen molar-refractivity contribution in [3.63, 3.8) is 0 Å². The molecule has 2 amide bonds. The Kier molecular flexibility index (Phi) is 6.68. The summed E-state index contributed by atoms with van der Waals surface area (Å²) in [6, 6.07) is 8.41. The third-order valence-electron chi connectivity index (χ3n) is 5.93. The monoisotopic (exact) mass is 476 g/mol. The molecule has 3 N–H and O–H groups in total. The fraction of sp³-hybridized carbons (Fsp3) is 0.292. The van der Waals surface area contributed by atoms with Crippen LogP contribution in [0.2, 0.25) is 0 Å². The predicted molar refractivity (Wildman–Crippen MR) is 130 cm³/mol. The number of thioether (sulfide) groups is 1. The van der Waals surface area contributed by atoms with Crippen molar-refractivity contribution in [2.24, 2.45) is 0 Å². The summed E-state index contributed by atoms with van der Waals surface area (Å²) in [5.74, 6) is 0.137. The molecule has 3 aromatic heterocycles. The molecule has 34 heavy (non-hydrogen) atoms. The van der Waals surface area contributed by atoms with Crippen molar-refractivity contribution in [3.05, 3.63) is 65.3 Å². The SMILES string of the molecule is O=C1NC(=O)/C(=C\c2ccnc(NC3CCC(NCc4cccnc4-c4ccoc4)CC3)n2)S1. The lowest BCUT2D eigenvalue weighted by Gasteiger charge is -2.30. The van der Waals surface area contributed by atoms with Crippen LogP contribution in [0.25, 0.3) is 17.3 Å². The van der Waals surface area contributed by atoms with Crippen LogP contribution < -0.4 is 16.0 Å². The van der Waals surface area contributed by atoms with Crippen LogP contribution in [-0.4, -0.2) is 38.2 Å². The van der Waals surface area contributed by atoms with E-state index in [2.05, 4.69) is 37.0 Å². The number of aromatic nitrogens is 3. The van der Waals surface area contributed by atoms with E-state index in [1.807, 2.05) is 12.1 Å². The van der Waals surface area contributed by atoms with Crippen molar-refractivity contribution >= 4 is 34.9 Å². The highest BCUT2D eigenvalue weighted by Gasteiger charge is 2.25. The quantitative estimate of drug-likeness (QED) is 0.435. The molecule has 0 spiro atoms. The first-order chi connectivity index (χ1) is 16.6. The van der Waals surface area contributed by atoms with Gasteiger partial charge in [0.05, 0.1) is 28.8 Å². The number of anilines is 1. The molecule has 5 rings (SSSR count). The number of furan rings is 1. The van der Waals surface area contributed by atoms with Crippen LogP contribution in [-0.2, 0) is 11.3 Å². The van der Waals surface area contributed by atoms with Crippen LogP contribution in [0, 0.1) is 0 Å². The number of amides is 2. The Morgan fingerprint density at radius 2 is 1.94 bits per heavy atom. The number of carbonyl (C=O) groups excluding carboxylic acids is 2. The minimum absolute atomic E-state index is 0.284. The summed E-state index contributed by atoms with van der Waals surface area (Å²) in [5.41, 5.74) is 3.68. The van der Waals surface area contributed by atoms with Gasteiger partial charge in [0.15, 0.2) is 0 Å². The number of hydrogen-bond donors (Lipinski definition) is 3. The number of nitrogens with one attached hydrogen (secondary N) is 3. The first-order valence-electron chi connectivity index (χ1n) is 11.2. The zero-order valence-electron chi connectivity index (χ0n) is 18.4. The Hall–Kier alpha value is -3.50. The third-order valence-corrected chi connectivity index (χ3v) is 6.74. The lowest BCUT2D eigenvalue weighted by Crippen LogP contribution is -2.37. The van der Waals surface area contributed by atoms with Crippen LogP contribution in [0.4, 0.5) is 10.7 Å². The Labute approximate surface area is 200 Å². The minimum Gasteiger partial charge on any atom is -0.472 e. The molecular formula is C24H24N6O3S. The second-order valence-corrected chi connectivity index (χ2v) is 9.27. The zero-order chi connectivity index (χ0) is 23.3. The lowest BCUT2D eigenvalue weighted by molar-refractivity contribution is -0.115. The normalized spacial score (nSPS) is 21.6. The van der Waals surface area contributed by atoms with Gasteiger partial charge in [-0.2, -0.15) is 0 Å². The highest BCUT2D eigenvalue weighted by atomic mass is 32.2. The number of carbonyl (C=O) groups is 2. The molecule has 0 atom stereocenters. The largest absolute Gasteiger partial charge is 0.472 e. The van der Waals surface area contributed by atoms with E-state index in [9.17, 15) is 9.59 Å². The Bertz CT molecular complexity index is 1200. The Morgan fingerprint density at radius 1 is 1.09 bits per heavy atom. The van der Waals surface area contributed by atoms with Gasteiger partial charge in [-0.05, 0) is 67.3 Å². The highest BCUT2D eigenvalue weighted by molar-refractivity contribution is 8.18. The van der Waals surface area contributed by atoms with Crippen LogP contribution in [0.1, 0.15) is 36.9 Å². The van der Waals surface area contributed by atoms with E-state index in [0.29, 0.717) is 22.6 Å². The van der Waals surface area contributed by atoms with Crippen LogP contribution in [0.5, 0.6) is 0 Å².